The molecule has 0 aliphatic carbocycles. The van der Waals surface area contributed by atoms with Crippen LogP contribution in [0, 0.1) is 6.92 Å². The van der Waals surface area contributed by atoms with E-state index in [0.717, 1.165) is 34.0 Å². The van der Waals surface area contributed by atoms with E-state index in [1.807, 2.05) is 55.5 Å². The number of hydrogen-bond acceptors (Lipinski definition) is 4. The third kappa shape index (κ3) is 4.14. The molecule has 6 heteroatoms. The van der Waals surface area contributed by atoms with Gasteiger partial charge in [-0.25, -0.2) is 4.79 Å². The third-order valence-corrected chi connectivity index (χ3v) is 4.13. The second kappa shape index (κ2) is 7.91. The molecule has 0 atom stereocenters. The number of urea groups is 1. The number of ether oxygens (including phenoxy) is 1. The summed E-state index contributed by atoms with van der Waals surface area (Å²) in [5.41, 5.74) is 2.80. The summed E-state index contributed by atoms with van der Waals surface area (Å²) in [6.07, 6.45) is 0.727. The number of aryl methyl sites for hydroxylation is 1. The lowest BCUT2D eigenvalue weighted by molar-refractivity contribution is -0.174. The first-order valence-corrected chi connectivity index (χ1v) is 8.59. The molecular formula is C20H22N2O4. The van der Waals surface area contributed by atoms with Crippen LogP contribution in [-0.2, 0) is 16.2 Å². The zero-order chi connectivity index (χ0) is 18.5. The molecule has 2 aromatic carbocycles. The molecule has 1 aliphatic heterocycles. The molecule has 6 nitrogen and oxygen atoms in total. The van der Waals surface area contributed by atoms with Gasteiger partial charge in [0.2, 0.25) is 0 Å². The average Bonchev–Trinajstić information content (AvgIpc) is 2.63. The Labute approximate surface area is 152 Å². The molecule has 0 unspecified atom stereocenters. The quantitative estimate of drug-likeness (QED) is 0.822. The van der Waals surface area contributed by atoms with Crippen molar-refractivity contribution >= 4 is 17.7 Å². The van der Waals surface area contributed by atoms with Gasteiger partial charge in [0.25, 0.3) is 0 Å². The monoisotopic (exact) mass is 354 g/mol. The van der Waals surface area contributed by atoms with Gasteiger partial charge < -0.3 is 9.57 Å². The molecule has 0 spiro atoms. The van der Waals surface area contributed by atoms with Gasteiger partial charge in [-0.3, -0.25) is 9.69 Å². The van der Waals surface area contributed by atoms with Crippen LogP contribution in [0.25, 0.3) is 0 Å². The van der Waals surface area contributed by atoms with Crippen LogP contribution in [0.2, 0.25) is 0 Å². The van der Waals surface area contributed by atoms with E-state index < -0.39 is 5.97 Å². The van der Waals surface area contributed by atoms with E-state index in [0.29, 0.717) is 19.7 Å². The van der Waals surface area contributed by atoms with E-state index in [1.54, 1.807) is 4.90 Å². The maximum absolute atomic E-state index is 12.5. The van der Waals surface area contributed by atoms with Crippen LogP contribution in [0.1, 0.15) is 24.5 Å². The molecule has 1 saturated heterocycles. The Balaban J connectivity index is 1.70. The number of anilines is 1. The van der Waals surface area contributed by atoms with Crippen molar-refractivity contribution in [2.45, 2.75) is 26.9 Å². The fourth-order valence-electron chi connectivity index (χ4n) is 2.88. The smallest absolute Gasteiger partial charge is 0.357 e. The Hall–Kier alpha value is -3.02. The first kappa shape index (κ1) is 17.8. The van der Waals surface area contributed by atoms with E-state index in [2.05, 4.69) is 0 Å². The average molecular weight is 354 g/mol. The summed E-state index contributed by atoms with van der Waals surface area (Å²) >= 11 is 0. The molecule has 3 rings (SSSR count). The molecule has 26 heavy (non-hydrogen) atoms. The van der Waals surface area contributed by atoms with E-state index in [9.17, 15) is 9.59 Å². The fraction of sp³-hybridized carbons (Fsp3) is 0.300. The molecule has 0 aromatic heterocycles. The first-order chi connectivity index (χ1) is 12.5. The van der Waals surface area contributed by atoms with Gasteiger partial charge in [-0.1, -0.05) is 30.3 Å². The summed E-state index contributed by atoms with van der Waals surface area (Å²) in [5, 5.41) is 1.11. The van der Waals surface area contributed by atoms with Crippen molar-refractivity contribution in [2.24, 2.45) is 0 Å². The molecule has 0 bridgehead atoms. The Kier molecular flexibility index (Phi) is 5.41. The molecule has 136 valence electrons. The van der Waals surface area contributed by atoms with Gasteiger partial charge in [-0.05, 0) is 42.7 Å². The van der Waals surface area contributed by atoms with E-state index >= 15 is 0 Å². The van der Waals surface area contributed by atoms with Gasteiger partial charge in [0, 0.05) is 19.2 Å². The SMILES string of the molecule is CC(=O)ON1CCCN(c2ccc(OCc3ccccc3)c(C)c2)C1=O. The number of nitrogens with zero attached hydrogens (tertiary/aromatic N) is 2. The van der Waals surface area contributed by atoms with E-state index in [4.69, 9.17) is 9.57 Å². The van der Waals surface area contributed by atoms with Crippen molar-refractivity contribution in [3.05, 3.63) is 59.7 Å². The first-order valence-electron chi connectivity index (χ1n) is 8.59. The lowest BCUT2D eigenvalue weighted by Gasteiger charge is -2.33. The minimum Gasteiger partial charge on any atom is -0.489 e. The van der Waals surface area contributed by atoms with Crippen molar-refractivity contribution in [2.75, 3.05) is 18.0 Å². The van der Waals surface area contributed by atoms with Gasteiger partial charge in [-0.2, -0.15) is 5.06 Å². The number of hydroxylamine groups is 2. The van der Waals surface area contributed by atoms with E-state index in [-0.39, 0.29) is 6.03 Å². The van der Waals surface area contributed by atoms with Crippen molar-refractivity contribution in [1.29, 1.82) is 0 Å². The van der Waals surface area contributed by atoms with Crippen molar-refractivity contribution < 1.29 is 19.2 Å². The number of carbonyl (C=O) groups excluding carboxylic acids is 2. The van der Waals surface area contributed by atoms with Crippen LogP contribution in [-0.4, -0.2) is 30.2 Å². The lowest BCUT2D eigenvalue weighted by atomic mass is 10.1. The Bertz CT molecular complexity index is 792. The third-order valence-electron chi connectivity index (χ3n) is 4.13. The van der Waals surface area contributed by atoms with E-state index in [1.165, 1.54) is 6.92 Å². The summed E-state index contributed by atoms with van der Waals surface area (Å²) in [6.45, 7) is 4.72. The van der Waals surface area contributed by atoms with Crippen molar-refractivity contribution in [1.82, 2.24) is 5.06 Å². The molecule has 2 amide bonds. The zero-order valence-electron chi connectivity index (χ0n) is 15.0. The molecule has 0 saturated carbocycles. The molecule has 1 aliphatic rings. The molecular weight excluding hydrogens is 332 g/mol. The summed E-state index contributed by atoms with van der Waals surface area (Å²) < 4.78 is 5.88. The van der Waals surface area contributed by atoms with Crippen LogP contribution in [0.5, 0.6) is 5.75 Å². The van der Waals surface area contributed by atoms with Gasteiger partial charge in [0.05, 0.1) is 6.54 Å². The van der Waals surface area contributed by atoms with Crippen LogP contribution in [0.4, 0.5) is 10.5 Å². The molecule has 1 fully saturated rings. The predicted molar refractivity (Wildman–Crippen MR) is 97.8 cm³/mol. The summed E-state index contributed by atoms with van der Waals surface area (Å²) in [7, 11) is 0. The van der Waals surface area contributed by atoms with Crippen molar-refractivity contribution in [3.8, 4) is 5.75 Å². The molecule has 2 aromatic rings. The highest BCUT2D eigenvalue weighted by Gasteiger charge is 2.29. The largest absolute Gasteiger partial charge is 0.489 e. The summed E-state index contributed by atoms with van der Waals surface area (Å²) in [4.78, 5) is 30.2. The van der Waals surface area contributed by atoms with Crippen molar-refractivity contribution in [3.63, 3.8) is 0 Å². The normalized spacial score (nSPS) is 14.3. The number of amides is 2. The number of carbonyl (C=O) groups is 2. The second-order valence-electron chi connectivity index (χ2n) is 6.20. The number of rotatable bonds is 5. The maximum Gasteiger partial charge on any atom is 0.357 e. The van der Waals surface area contributed by atoms with Crippen LogP contribution in [0.15, 0.2) is 48.5 Å². The van der Waals surface area contributed by atoms with Gasteiger partial charge >= 0.3 is 12.0 Å². The number of benzene rings is 2. The van der Waals surface area contributed by atoms with Crippen LogP contribution >= 0.6 is 0 Å². The lowest BCUT2D eigenvalue weighted by Crippen LogP contribution is -2.49. The van der Waals surface area contributed by atoms with Gasteiger partial charge in [-0.15, -0.1) is 0 Å². The van der Waals surface area contributed by atoms with Gasteiger partial charge in [0.15, 0.2) is 0 Å². The maximum atomic E-state index is 12.5. The Morgan fingerprint density at radius 1 is 1.12 bits per heavy atom. The summed E-state index contributed by atoms with van der Waals surface area (Å²) in [6, 6.07) is 15.3. The zero-order valence-corrected chi connectivity index (χ0v) is 15.0. The highest BCUT2D eigenvalue weighted by Crippen LogP contribution is 2.27. The molecule has 0 N–H and O–H groups in total. The minimum atomic E-state index is -0.499. The minimum absolute atomic E-state index is 0.330. The van der Waals surface area contributed by atoms with Crippen LogP contribution in [0.3, 0.4) is 0 Å². The second-order valence-corrected chi connectivity index (χ2v) is 6.20. The van der Waals surface area contributed by atoms with Crippen LogP contribution < -0.4 is 9.64 Å². The predicted octanol–water partition coefficient (Wildman–Crippen LogP) is 3.68. The molecule has 0 radical (unpaired) electrons. The number of hydrogen-bond donors (Lipinski definition) is 0. The fourth-order valence-corrected chi connectivity index (χ4v) is 2.88. The topological polar surface area (TPSA) is 59.1 Å². The Morgan fingerprint density at radius 3 is 2.58 bits per heavy atom. The summed E-state index contributed by atoms with van der Waals surface area (Å²) in [5.74, 6) is 0.278. The molecule has 1 heterocycles. The Morgan fingerprint density at radius 2 is 1.88 bits per heavy atom. The highest BCUT2D eigenvalue weighted by atomic mass is 16.7. The standard InChI is InChI=1S/C20H22N2O4/c1-15-13-18(21-11-6-12-22(20(21)24)26-16(2)23)9-10-19(15)25-14-17-7-4-3-5-8-17/h3-5,7-10,13H,6,11-12,14H2,1-2H3. The highest BCUT2D eigenvalue weighted by molar-refractivity contribution is 5.92. The van der Waals surface area contributed by atoms with Gasteiger partial charge in [0.1, 0.15) is 12.4 Å².